The van der Waals surface area contributed by atoms with Gasteiger partial charge < -0.3 is 10.5 Å². The molecule has 0 saturated carbocycles. The summed E-state index contributed by atoms with van der Waals surface area (Å²) < 4.78 is 5.73. The molecule has 2 nitrogen and oxygen atoms in total. The van der Waals surface area contributed by atoms with Crippen molar-refractivity contribution < 1.29 is 4.74 Å². The van der Waals surface area contributed by atoms with E-state index in [0.29, 0.717) is 5.92 Å². The second-order valence-corrected chi connectivity index (χ2v) is 5.10. The van der Waals surface area contributed by atoms with Crippen molar-refractivity contribution >= 4 is 0 Å². The van der Waals surface area contributed by atoms with E-state index in [-0.39, 0.29) is 0 Å². The van der Waals surface area contributed by atoms with E-state index < -0.39 is 0 Å². The molecule has 2 heteroatoms. The zero-order chi connectivity index (χ0) is 14.1. The van der Waals surface area contributed by atoms with E-state index in [2.05, 4.69) is 39.0 Å². The van der Waals surface area contributed by atoms with Crippen molar-refractivity contribution in [2.75, 3.05) is 13.2 Å². The fourth-order valence-corrected chi connectivity index (χ4v) is 2.54. The molecule has 0 saturated heterocycles. The third-order valence-electron chi connectivity index (χ3n) is 3.66. The van der Waals surface area contributed by atoms with Crippen molar-refractivity contribution in [3.05, 3.63) is 29.3 Å². The summed E-state index contributed by atoms with van der Waals surface area (Å²) in [5, 5.41) is 0. The molecule has 0 aromatic heterocycles. The van der Waals surface area contributed by atoms with E-state index in [1.807, 2.05) is 0 Å². The lowest BCUT2D eigenvalue weighted by Crippen LogP contribution is -2.06. The minimum atomic E-state index is 0.638. The van der Waals surface area contributed by atoms with Gasteiger partial charge in [-0.1, -0.05) is 26.8 Å². The number of benzene rings is 1. The smallest absolute Gasteiger partial charge is 0.119 e. The van der Waals surface area contributed by atoms with Crippen molar-refractivity contribution in [1.29, 1.82) is 0 Å². The molecule has 0 bridgehead atoms. The van der Waals surface area contributed by atoms with Crippen LogP contribution in [0.5, 0.6) is 5.75 Å². The normalized spacial score (nSPS) is 12.4. The van der Waals surface area contributed by atoms with Gasteiger partial charge in [-0.2, -0.15) is 0 Å². The Morgan fingerprint density at radius 3 is 2.58 bits per heavy atom. The molecule has 0 aliphatic heterocycles. The Kier molecular flexibility index (Phi) is 7.57. The monoisotopic (exact) mass is 263 g/mol. The third kappa shape index (κ3) is 4.87. The predicted octanol–water partition coefficient (Wildman–Crippen LogP) is 4.27. The summed E-state index contributed by atoms with van der Waals surface area (Å²) in [6.07, 6.45) is 5.60. The van der Waals surface area contributed by atoms with Gasteiger partial charge in [-0.15, -0.1) is 0 Å². The molecular weight excluding hydrogens is 234 g/mol. The Morgan fingerprint density at radius 1 is 1.21 bits per heavy atom. The first-order valence-electron chi connectivity index (χ1n) is 7.72. The van der Waals surface area contributed by atoms with Crippen LogP contribution in [0.15, 0.2) is 18.2 Å². The molecule has 1 atom stereocenters. The Labute approximate surface area is 118 Å². The van der Waals surface area contributed by atoms with E-state index in [4.69, 9.17) is 10.5 Å². The first-order chi connectivity index (χ1) is 9.26. The number of nitrogens with two attached hydrogens (primary N) is 1. The van der Waals surface area contributed by atoms with Crippen LogP contribution in [0.2, 0.25) is 0 Å². The first-order valence-corrected chi connectivity index (χ1v) is 7.72. The minimum Gasteiger partial charge on any atom is -0.494 e. The van der Waals surface area contributed by atoms with Crippen LogP contribution >= 0.6 is 0 Å². The van der Waals surface area contributed by atoms with E-state index >= 15 is 0 Å². The maximum atomic E-state index is 5.73. The van der Waals surface area contributed by atoms with Crippen LogP contribution in [0, 0.1) is 0 Å². The Bertz CT molecular complexity index is 362. The zero-order valence-corrected chi connectivity index (χ0v) is 12.7. The van der Waals surface area contributed by atoms with Gasteiger partial charge in [0, 0.05) is 0 Å². The highest BCUT2D eigenvalue weighted by atomic mass is 16.5. The van der Waals surface area contributed by atoms with Crippen LogP contribution in [-0.2, 0) is 6.42 Å². The molecule has 19 heavy (non-hydrogen) atoms. The van der Waals surface area contributed by atoms with Crippen molar-refractivity contribution in [1.82, 2.24) is 0 Å². The topological polar surface area (TPSA) is 35.2 Å². The summed E-state index contributed by atoms with van der Waals surface area (Å²) in [5.74, 6) is 1.65. The Hall–Kier alpha value is -1.02. The number of hydrogen-bond acceptors (Lipinski definition) is 2. The zero-order valence-electron chi connectivity index (χ0n) is 12.7. The third-order valence-corrected chi connectivity index (χ3v) is 3.66. The van der Waals surface area contributed by atoms with Crippen LogP contribution in [0.4, 0.5) is 0 Å². The molecule has 1 unspecified atom stereocenters. The van der Waals surface area contributed by atoms with Crippen LogP contribution in [-0.4, -0.2) is 13.2 Å². The summed E-state index contributed by atoms with van der Waals surface area (Å²) in [4.78, 5) is 0. The van der Waals surface area contributed by atoms with Gasteiger partial charge in [0.25, 0.3) is 0 Å². The summed E-state index contributed by atoms with van der Waals surface area (Å²) in [5.41, 5.74) is 8.56. The van der Waals surface area contributed by atoms with Gasteiger partial charge >= 0.3 is 0 Å². The Balaban J connectivity index is 2.86. The lowest BCUT2D eigenvalue weighted by atomic mass is 9.87. The van der Waals surface area contributed by atoms with Crippen LogP contribution in [0.1, 0.15) is 63.5 Å². The lowest BCUT2D eigenvalue weighted by Gasteiger charge is -2.19. The second kappa shape index (κ2) is 8.98. The van der Waals surface area contributed by atoms with Gasteiger partial charge in [-0.3, -0.25) is 0 Å². The molecule has 0 amide bonds. The molecule has 0 spiro atoms. The first kappa shape index (κ1) is 16.0. The maximum absolute atomic E-state index is 5.73. The quantitative estimate of drug-likeness (QED) is 0.722. The van der Waals surface area contributed by atoms with Crippen molar-refractivity contribution in [2.24, 2.45) is 5.73 Å². The van der Waals surface area contributed by atoms with Gasteiger partial charge in [0.2, 0.25) is 0 Å². The van der Waals surface area contributed by atoms with Gasteiger partial charge in [-0.25, -0.2) is 0 Å². The fourth-order valence-electron chi connectivity index (χ4n) is 2.54. The van der Waals surface area contributed by atoms with E-state index in [1.54, 1.807) is 0 Å². The van der Waals surface area contributed by atoms with E-state index in [9.17, 15) is 0 Å². The van der Waals surface area contributed by atoms with E-state index in [1.165, 1.54) is 24.0 Å². The van der Waals surface area contributed by atoms with E-state index in [0.717, 1.165) is 38.2 Å². The van der Waals surface area contributed by atoms with Crippen molar-refractivity contribution in [3.63, 3.8) is 0 Å². The number of rotatable bonds is 9. The molecule has 0 aliphatic carbocycles. The highest BCUT2D eigenvalue weighted by Crippen LogP contribution is 2.30. The van der Waals surface area contributed by atoms with Gasteiger partial charge in [-0.05, 0) is 67.8 Å². The van der Waals surface area contributed by atoms with Gasteiger partial charge in [0.05, 0.1) is 6.61 Å². The number of ether oxygens (including phenoxy) is 1. The standard InChI is InChI=1S/C17H29NO/c1-4-12-19-16-9-10-17(15(6-3)13-16)14(5-2)8-7-11-18/h9-10,13-14H,4-8,11-12,18H2,1-3H3. The van der Waals surface area contributed by atoms with Crippen molar-refractivity contribution in [3.8, 4) is 5.75 Å². The SMILES string of the molecule is CCCOc1ccc(C(CC)CCCN)c(CC)c1. The summed E-state index contributed by atoms with van der Waals surface area (Å²) >= 11 is 0. The van der Waals surface area contributed by atoms with Crippen LogP contribution < -0.4 is 10.5 Å². The van der Waals surface area contributed by atoms with Crippen LogP contribution in [0.3, 0.4) is 0 Å². The molecule has 0 aliphatic rings. The van der Waals surface area contributed by atoms with Gasteiger partial charge in [0.15, 0.2) is 0 Å². The largest absolute Gasteiger partial charge is 0.494 e. The molecule has 0 heterocycles. The maximum Gasteiger partial charge on any atom is 0.119 e. The minimum absolute atomic E-state index is 0.638. The van der Waals surface area contributed by atoms with Crippen LogP contribution in [0.25, 0.3) is 0 Å². The molecular formula is C17H29NO. The molecule has 0 radical (unpaired) electrons. The highest BCUT2D eigenvalue weighted by Gasteiger charge is 2.13. The number of aryl methyl sites for hydroxylation is 1. The highest BCUT2D eigenvalue weighted by molar-refractivity contribution is 5.38. The fraction of sp³-hybridized carbons (Fsp3) is 0.647. The summed E-state index contributed by atoms with van der Waals surface area (Å²) in [6, 6.07) is 6.60. The Morgan fingerprint density at radius 2 is 2.00 bits per heavy atom. The second-order valence-electron chi connectivity index (χ2n) is 5.10. The molecule has 108 valence electrons. The lowest BCUT2D eigenvalue weighted by molar-refractivity contribution is 0.317. The summed E-state index contributed by atoms with van der Waals surface area (Å²) in [7, 11) is 0. The predicted molar refractivity (Wildman–Crippen MR) is 82.9 cm³/mol. The molecule has 1 aromatic rings. The number of hydrogen-bond donors (Lipinski definition) is 1. The summed E-state index contributed by atoms with van der Waals surface area (Å²) in [6.45, 7) is 8.21. The average molecular weight is 263 g/mol. The molecule has 0 fully saturated rings. The molecule has 1 aromatic carbocycles. The van der Waals surface area contributed by atoms with Crippen molar-refractivity contribution in [2.45, 2.75) is 58.8 Å². The van der Waals surface area contributed by atoms with Gasteiger partial charge in [0.1, 0.15) is 5.75 Å². The molecule has 2 N–H and O–H groups in total. The average Bonchev–Trinajstić information content (AvgIpc) is 2.46. The molecule has 1 rings (SSSR count).